The van der Waals surface area contributed by atoms with Crippen molar-refractivity contribution in [1.82, 2.24) is 10.2 Å². The van der Waals surface area contributed by atoms with Gasteiger partial charge in [0.2, 0.25) is 5.91 Å². The minimum atomic E-state index is -0.721. The van der Waals surface area contributed by atoms with Crippen LogP contribution in [0.2, 0.25) is 0 Å². The fourth-order valence-electron chi connectivity index (χ4n) is 2.87. The summed E-state index contributed by atoms with van der Waals surface area (Å²) in [5.41, 5.74) is -0.721. The van der Waals surface area contributed by atoms with Crippen molar-refractivity contribution in [2.75, 3.05) is 19.7 Å². The molecule has 0 aromatic heterocycles. The van der Waals surface area contributed by atoms with Gasteiger partial charge in [0.1, 0.15) is 5.54 Å². The highest BCUT2D eigenvalue weighted by Gasteiger charge is 2.43. The fraction of sp³-hybridized carbons (Fsp3) is 0.857. The summed E-state index contributed by atoms with van der Waals surface area (Å²) >= 11 is 0. The van der Waals surface area contributed by atoms with Crippen LogP contribution in [-0.4, -0.2) is 47.2 Å². The van der Waals surface area contributed by atoms with Crippen LogP contribution in [0.25, 0.3) is 0 Å². The van der Waals surface area contributed by atoms with Crippen molar-refractivity contribution in [2.45, 2.75) is 50.6 Å². The first-order valence-corrected chi connectivity index (χ1v) is 7.16. The number of hydrogen-bond acceptors (Lipinski definition) is 4. The molecule has 2 unspecified atom stereocenters. The third-order valence-electron chi connectivity index (χ3n) is 4.33. The molecular formula is C14H23N3O2. The number of aliphatic hydroxyl groups excluding tert-OH is 1. The van der Waals surface area contributed by atoms with Crippen LogP contribution in [0, 0.1) is 17.2 Å². The molecule has 1 heterocycles. The maximum atomic E-state index is 12.1. The molecule has 0 spiro atoms. The number of hydrogen-bond donors (Lipinski definition) is 2. The summed E-state index contributed by atoms with van der Waals surface area (Å²) in [6.07, 6.45) is 5.17. The lowest BCUT2D eigenvalue weighted by Crippen LogP contribution is -2.53. The number of nitriles is 1. The van der Waals surface area contributed by atoms with Crippen LogP contribution in [0.5, 0.6) is 0 Å². The molecule has 2 atom stereocenters. The van der Waals surface area contributed by atoms with Gasteiger partial charge in [-0.1, -0.05) is 6.42 Å². The zero-order valence-corrected chi connectivity index (χ0v) is 11.6. The van der Waals surface area contributed by atoms with E-state index < -0.39 is 5.54 Å². The monoisotopic (exact) mass is 265 g/mol. The van der Waals surface area contributed by atoms with E-state index in [0.717, 1.165) is 38.6 Å². The van der Waals surface area contributed by atoms with Crippen LogP contribution in [0.15, 0.2) is 0 Å². The second-order valence-electron chi connectivity index (χ2n) is 5.94. The molecule has 1 aliphatic carbocycles. The van der Waals surface area contributed by atoms with Crippen molar-refractivity contribution >= 4 is 5.91 Å². The molecular weight excluding hydrogens is 242 g/mol. The van der Waals surface area contributed by atoms with E-state index in [9.17, 15) is 15.2 Å². The first-order valence-electron chi connectivity index (χ1n) is 7.16. The molecule has 1 saturated heterocycles. The average molecular weight is 265 g/mol. The SMILES string of the molecule is CC(C#N)(NC(=O)CN1CCCCC1CO)C1CC1. The van der Waals surface area contributed by atoms with Gasteiger partial charge < -0.3 is 10.4 Å². The number of nitrogens with zero attached hydrogens (tertiary/aromatic N) is 2. The Morgan fingerprint density at radius 2 is 2.21 bits per heavy atom. The lowest BCUT2D eigenvalue weighted by molar-refractivity contribution is -0.124. The topological polar surface area (TPSA) is 76.4 Å². The molecule has 0 aromatic rings. The van der Waals surface area contributed by atoms with Crippen molar-refractivity contribution in [1.29, 1.82) is 5.26 Å². The van der Waals surface area contributed by atoms with Crippen LogP contribution in [0.4, 0.5) is 0 Å². The van der Waals surface area contributed by atoms with E-state index in [1.165, 1.54) is 0 Å². The summed E-state index contributed by atoms with van der Waals surface area (Å²) in [6.45, 7) is 3.05. The Bertz CT molecular complexity index is 375. The maximum absolute atomic E-state index is 12.1. The highest BCUT2D eigenvalue weighted by Crippen LogP contribution is 2.39. The third-order valence-corrected chi connectivity index (χ3v) is 4.33. The molecule has 0 bridgehead atoms. The molecule has 19 heavy (non-hydrogen) atoms. The molecule has 1 amide bonds. The van der Waals surface area contributed by atoms with E-state index in [1.54, 1.807) is 0 Å². The Kier molecular flexibility index (Phi) is 4.43. The molecule has 5 heteroatoms. The number of rotatable bonds is 5. The third kappa shape index (κ3) is 3.46. The Morgan fingerprint density at radius 3 is 2.79 bits per heavy atom. The van der Waals surface area contributed by atoms with Crippen LogP contribution >= 0.6 is 0 Å². The van der Waals surface area contributed by atoms with Crippen molar-refractivity contribution in [3.05, 3.63) is 0 Å². The van der Waals surface area contributed by atoms with Crippen molar-refractivity contribution < 1.29 is 9.90 Å². The molecule has 5 nitrogen and oxygen atoms in total. The maximum Gasteiger partial charge on any atom is 0.235 e. The predicted molar refractivity (Wildman–Crippen MR) is 71.2 cm³/mol. The van der Waals surface area contributed by atoms with Gasteiger partial charge in [-0.3, -0.25) is 9.69 Å². The van der Waals surface area contributed by atoms with E-state index in [1.807, 2.05) is 11.8 Å². The summed E-state index contributed by atoms with van der Waals surface area (Å²) < 4.78 is 0. The van der Waals surface area contributed by atoms with Gasteiger partial charge in [0.25, 0.3) is 0 Å². The molecule has 2 fully saturated rings. The summed E-state index contributed by atoms with van der Waals surface area (Å²) in [5, 5.41) is 21.4. The Balaban J connectivity index is 1.88. The first-order chi connectivity index (χ1) is 9.09. The minimum Gasteiger partial charge on any atom is -0.395 e. The van der Waals surface area contributed by atoms with Gasteiger partial charge in [-0.05, 0) is 45.1 Å². The summed E-state index contributed by atoms with van der Waals surface area (Å²) in [4.78, 5) is 14.1. The van der Waals surface area contributed by atoms with E-state index in [4.69, 9.17) is 0 Å². The Hall–Kier alpha value is -1.12. The number of carbonyl (C=O) groups is 1. The van der Waals surface area contributed by atoms with Gasteiger partial charge in [-0.2, -0.15) is 5.26 Å². The van der Waals surface area contributed by atoms with Crippen LogP contribution in [0.3, 0.4) is 0 Å². The molecule has 106 valence electrons. The summed E-state index contributed by atoms with van der Waals surface area (Å²) in [7, 11) is 0. The fourth-order valence-corrected chi connectivity index (χ4v) is 2.87. The Morgan fingerprint density at radius 1 is 1.47 bits per heavy atom. The van der Waals surface area contributed by atoms with Crippen molar-refractivity contribution in [3.8, 4) is 6.07 Å². The average Bonchev–Trinajstić information content (AvgIpc) is 3.23. The molecule has 1 saturated carbocycles. The second-order valence-corrected chi connectivity index (χ2v) is 5.94. The predicted octanol–water partition coefficient (Wildman–Crippen LogP) is 0.642. The lowest BCUT2D eigenvalue weighted by atomic mass is 9.97. The van der Waals surface area contributed by atoms with Gasteiger partial charge in [0.05, 0.1) is 19.2 Å². The van der Waals surface area contributed by atoms with Gasteiger partial charge in [0.15, 0.2) is 0 Å². The van der Waals surface area contributed by atoms with Crippen LogP contribution in [0.1, 0.15) is 39.0 Å². The summed E-state index contributed by atoms with van der Waals surface area (Å²) in [5.74, 6) is 0.202. The number of piperidine rings is 1. The first kappa shape index (κ1) is 14.3. The molecule has 0 aromatic carbocycles. The van der Waals surface area contributed by atoms with Crippen molar-refractivity contribution in [3.63, 3.8) is 0 Å². The number of nitrogens with one attached hydrogen (secondary N) is 1. The smallest absolute Gasteiger partial charge is 0.235 e. The quantitative estimate of drug-likeness (QED) is 0.765. The normalized spacial score (nSPS) is 27.3. The largest absolute Gasteiger partial charge is 0.395 e. The van der Waals surface area contributed by atoms with Crippen LogP contribution < -0.4 is 5.32 Å². The van der Waals surface area contributed by atoms with Gasteiger partial charge >= 0.3 is 0 Å². The highest BCUT2D eigenvalue weighted by atomic mass is 16.3. The number of carbonyl (C=O) groups excluding carboxylic acids is 1. The lowest BCUT2D eigenvalue weighted by Gasteiger charge is -2.34. The molecule has 1 aliphatic heterocycles. The Labute approximate surface area is 114 Å². The summed E-state index contributed by atoms with van der Waals surface area (Å²) in [6, 6.07) is 2.33. The van der Waals surface area contributed by atoms with Crippen LogP contribution in [-0.2, 0) is 4.79 Å². The van der Waals surface area contributed by atoms with E-state index in [-0.39, 0.29) is 25.1 Å². The minimum absolute atomic E-state index is 0.0915. The zero-order chi connectivity index (χ0) is 13.9. The zero-order valence-electron chi connectivity index (χ0n) is 11.6. The number of amides is 1. The van der Waals surface area contributed by atoms with E-state index in [0.29, 0.717) is 5.92 Å². The number of aliphatic hydroxyl groups is 1. The van der Waals surface area contributed by atoms with Gasteiger partial charge in [-0.15, -0.1) is 0 Å². The molecule has 2 N–H and O–H groups in total. The van der Waals surface area contributed by atoms with E-state index >= 15 is 0 Å². The van der Waals surface area contributed by atoms with Gasteiger partial charge in [0, 0.05) is 6.04 Å². The van der Waals surface area contributed by atoms with Crippen molar-refractivity contribution in [2.24, 2.45) is 5.92 Å². The number of likely N-dealkylation sites (tertiary alicyclic amines) is 1. The molecule has 2 rings (SSSR count). The van der Waals surface area contributed by atoms with Gasteiger partial charge in [-0.25, -0.2) is 0 Å². The standard InChI is InChI=1S/C14H23N3O2/c1-14(10-15,11-5-6-11)16-13(19)8-17-7-3-2-4-12(17)9-18/h11-12,18H,2-9H2,1H3,(H,16,19). The molecule has 0 radical (unpaired) electrons. The second kappa shape index (κ2) is 5.89. The highest BCUT2D eigenvalue weighted by molar-refractivity contribution is 5.79. The molecule has 2 aliphatic rings. The van der Waals surface area contributed by atoms with E-state index in [2.05, 4.69) is 11.4 Å².